The molecular formula is C98H68N4. The summed E-state index contributed by atoms with van der Waals surface area (Å²) < 4.78 is 9.73. The van der Waals surface area contributed by atoms with Crippen LogP contribution in [0.25, 0.3) is 176 Å². The third kappa shape index (κ3) is 8.32. The van der Waals surface area contributed by atoms with Crippen molar-refractivity contribution in [3.05, 3.63) is 362 Å². The molecule has 22 rings (SSSR count). The van der Waals surface area contributed by atoms with Crippen LogP contribution in [0, 0.1) is 0 Å². The molecular weight excluding hydrogens is 1230 g/mol. The molecule has 2 aliphatic rings. The van der Waals surface area contributed by atoms with Gasteiger partial charge in [0.15, 0.2) is 0 Å². The maximum absolute atomic E-state index is 2.46. The van der Waals surface area contributed by atoms with Crippen molar-refractivity contribution in [2.45, 2.75) is 38.5 Å². The van der Waals surface area contributed by atoms with Gasteiger partial charge >= 0.3 is 0 Å². The van der Waals surface area contributed by atoms with E-state index in [1.807, 2.05) is 0 Å². The van der Waals surface area contributed by atoms with Gasteiger partial charge in [0.25, 0.3) is 0 Å². The third-order valence-corrected chi connectivity index (χ3v) is 23.0. The molecule has 0 bridgehead atoms. The van der Waals surface area contributed by atoms with E-state index in [0.717, 1.165) is 0 Å². The molecule has 0 radical (unpaired) electrons. The van der Waals surface area contributed by atoms with Gasteiger partial charge in [-0.05, 0) is 185 Å². The summed E-state index contributed by atoms with van der Waals surface area (Å²) in [5.74, 6) is 0. The van der Waals surface area contributed by atoms with Gasteiger partial charge < -0.3 is 18.3 Å². The third-order valence-electron chi connectivity index (χ3n) is 23.0. The smallest absolute Gasteiger partial charge is 0.0547 e. The highest BCUT2D eigenvalue weighted by molar-refractivity contribution is 6.23. The van der Waals surface area contributed by atoms with Crippen molar-refractivity contribution in [2.75, 3.05) is 0 Å². The maximum atomic E-state index is 2.46. The predicted octanol–water partition coefficient (Wildman–Crippen LogP) is 26.0. The molecule has 4 aromatic heterocycles. The van der Waals surface area contributed by atoms with Crippen LogP contribution in [0.2, 0.25) is 0 Å². The lowest BCUT2D eigenvalue weighted by molar-refractivity contribution is 0.660. The van der Waals surface area contributed by atoms with Crippen LogP contribution in [-0.2, 0) is 10.8 Å². The number of hydrogen-bond donors (Lipinski definition) is 0. The van der Waals surface area contributed by atoms with Crippen LogP contribution >= 0.6 is 0 Å². The van der Waals surface area contributed by atoms with Crippen molar-refractivity contribution >= 4 is 109 Å². The summed E-state index contributed by atoms with van der Waals surface area (Å²) >= 11 is 0. The van der Waals surface area contributed by atoms with Gasteiger partial charge in [0.1, 0.15) is 0 Å². The van der Waals surface area contributed by atoms with E-state index in [2.05, 4.69) is 386 Å². The van der Waals surface area contributed by atoms with E-state index >= 15 is 0 Å². The van der Waals surface area contributed by atoms with E-state index < -0.39 is 0 Å². The summed E-state index contributed by atoms with van der Waals surface area (Å²) in [7, 11) is 0. The van der Waals surface area contributed by atoms with E-state index in [1.165, 1.54) is 198 Å². The minimum Gasteiger partial charge on any atom is -0.309 e. The van der Waals surface area contributed by atoms with Crippen molar-refractivity contribution in [1.82, 2.24) is 18.3 Å². The highest BCUT2D eigenvalue weighted by Crippen LogP contribution is 2.55. The number of fused-ring (bicyclic) bond motifs is 22. The average molecular weight is 1300 g/mol. The zero-order valence-corrected chi connectivity index (χ0v) is 57.1. The fraction of sp³-hybridized carbons (Fsp3) is 0.0612. The van der Waals surface area contributed by atoms with Crippen LogP contribution in [0.1, 0.15) is 49.9 Å². The number of aromatic nitrogens is 4. The van der Waals surface area contributed by atoms with Gasteiger partial charge in [0.05, 0.1) is 44.1 Å². The number of nitrogens with zero attached hydrogens (tertiary/aromatic N) is 4. The van der Waals surface area contributed by atoms with Crippen molar-refractivity contribution in [2.24, 2.45) is 0 Å². The molecule has 0 amide bonds. The molecule has 4 heterocycles. The van der Waals surface area contributed by atoms with Gasteiger partial charge in [-0.1, -0.05) is 270 Å². The first-order chi connectivity index (χ1) is 50.2. The van der Waals surface area contributed by atoms with Crippen LogP contribution in [0.3, 0.4) is 0 Å². The Balaban J connectivity index is 0.000000133. The molecule has 4 nitrogen and oxygen atoms in total. The minimum absolute atomic E-state index is 0.148. The van der Waals surface area contributed by atoms with Crippen LogP contribution in [0.15, 0.2) is 340 Å². The first-order valence-electron chi connectivity index (χ1n) is 35.7. The minimum atomic E-state index is -0.160. The second kappa shape index (κ2) is 21.9. The standard InChI is InChI=1S/2C49H34N2/c1-49(2)41-21-12-20-36(32-14-11-15-33(29-32)50-43-22-8-5-17-37(43)38-18-6-9-23-44(38)50)47(41)39-27-26-34(30-42(39)49)51-45-24-10-7-19-40(45)48-35-16-4-3-13-31(35)25-28-46(48)51;1-49(2)41-18-11-17-35(32-22-25-33(26-23-32)50-43-19-8-5-14-37(43)38-15-6-9-20-44(38)50)47(41)39-28-27-34(30-42(39)49)51-45-21-10-7-16-40(45)48-36-13-4-3-12-31(36)24-29-46(48)51/h2*3-30H,1-2H3. The fourth-order valence-corrected chi connectivity index (χ4v) is 18.3. The van der Waals surface area contributed by atoms with Gasteiger partial charge in [-0.25, -0.2) is 0 Å². The summed E-state index contributed by atoms with van der Waals surface area (Å²) in [5, 5.41) is 15.5. The normalized spacial score (nSPS) is 13.5. The van der Waals surface area contributed by atoms with Crippen molar-refractivity contribution < 1.29 is 0 Å². The summed E-state index contributed by atoms with van der Waals surface area (Å²) in [4.78, 5) is 0. The molecule has 0 N–H and O–H groups in total. The van der Waals surface area contributed by atoms with Gasteiger partial charge in [-0.3, -0.25) is 0 Å². The van der Waals surface area contributed by atoms with Crippen LogP contribution in [-0.4, -0.2) is 18.3 Å². The number of benzene rings is 16. The lowest BCUT2D eigenvalue weighted by Gasteiger charge is -2.22. The van der Waals surface area contributed by atoms with Crippen LogP contribution in [0.5, 0.6) is 0 Å². The van der Waals surface area contributed by atoms with Gasteiger partial charge in [-0.2, -0.15) is 0 Å². The molecule has 0 spiro atoms. The second-order valence-corrected chi connectivity index (χ2v) is 29.1. The molecule has 480 valence electrons. The molecule has 0 atom stereocenters. The van der Waals surface area contributed by atoms with Gasteiger partial charge in [0, 0.05) is 76.7 Å². The Morgan fingerprint density at radius 3 is 0.971 bits per heavy atom. The molecule has 4 heteroatoms. The topological polar surface area (TPSA) is 19.7 Å². The second-order valence-electron chi connectivity index (χ2n) is 29.1. The molecule has 16 aromatic carbocycles. The lowest BCUT2D eigenvalue weighted by atomic mass is 9.82. The van der Waals surface area contributed by atoms with E-state index in [9.17, 15) is 0 Å². The van der Waals surface area contributed by atoms with Crippen molar-refractivity contribution in [3.8, 4) is 67.3 Å². The zero-order valence-electron chi connectivity index (χ0n) is 57.1. The predicted molar refractivity (Wildman–Crippen MR) is 431 cm³/mol. The fourth-order valence-electron chi connectivity index (χ4n) is 18.3. The van der Waals surface area contributed by atoms with Crippen molar-refractivity contribution in [3.63, 3.8) is 0 Å². The summed E-state index contributed by atoms with van der Waals surface area (Å²) in [6.45, 7) is 9.55. The lowest BCUT2D eigenvalue weighted by Crippen LogP contribution is -2.15. The van der Waals surface area contributed by atoms with Gasteiger partial charge in [0.2, 0.25) is 0 Å². The summed E-state index contributed by atoms with van der Waals surface area (Å²) in [6.07, 6.45) is 0. The van der Waals surface area contributed by atoms with Crippen molar-refractivity contribution in [1.29, 1.82) is 0 Å². The number of para-hydroxylation sites is 6. The highest BCUT2D eigenvalue weighted by atomic mass is 15.0. The monoisotopic (exact) mass is 1300 g/mol. The molecule has 2 aliphatic carbocycles. The Kier molecular flexibility index (Phi) is 12.5. The van der Waals surface area contributed by atoms with E-state index in [4.69, 9.17) is 0 Å². The first kappa shape index (κ1) is 58.2. The average Bonchev–Trinajstić information content (AvgIpc) is 1.55. The Morgan fingerprint density at radius 2 is 0.529 bits per heavy atom. The Bertz CT molecular complexity index is 6830. The molecule has 0 aliphatic heterocycles. The molecule has 102 heavy (non-hydrogen) atoms. The van der Waals surface area contributed by atoms with E-state index in [0.29, 0.717) is 0 Å². The summed E-state index contributed by atoms with van der Waals surface area (Å²) in [6, 6.07) is 126. The van der Waals surface area contributed by atoms with E-state index in [-0.39, 0.29) is 10.8 Å². The zero-order chi connectivity index (χ0) is 67.7. The number of hydrogen-bond acceptors (Lipinski definition) is 0. The highest BCUT2D eigenvalue weighted by Gasteiger charge is 2.39. The molecule has 0 unspecified atom stereocenters. The first-order valence-corrected chi connectivity index (χ1v) is 35.7. The largest absolute Gasteiger partial charge is 0.309 e. The Morgan fingerprint density at radius 1 is 0.196 bits per heavy atom. The van der Waals surface area contributed by atoms with Gasteiger partial charge in [-0.15, -0.1) is 0 Å². The molecule has 0 saturated heterocycles. The number of rotatable bonds is 6. The quantitative estimate of drug-likeness (QED) is 0.158. The molecule has 0 fully saturated rings. The molecule has 0 saturated carbocycles. The van der Waals surface area contributed by atoms with Crippen LogP contribution in [0.4, 0.5) is 0 Å². The Hall–Kier alpha value is -12.8. The molecule has 20 aromatic rings. The van der Waals surface area contributed by atoms with E-state index in [1.54, 1.807) is 0 Å². The van der Waals surface area contributed by atoms with Crippen LogP contribution < -0.4 is 0 Å². The summed E-state index contributed by atoms with van der Waals surface area (Å²) in [5.41, 5.74) is 30.2. The SMILES string of the molecule is CC1(C)c2cc(-n3c4ccccc4c4c5ccccc5ccc43)ccc2-c2c(-c3ccc(-n4c5ccccc5c5ccccc54)cc3)cccc21.CC1(C)c2cc(-n3c4ccccc4c4c5ccccc5ccc43)ccc2-c2c(-c3cccc(-n4c5ccccc5c5ccccc54)c3)cccc21. The Labute approximate surface area is 591 Å². The maximum Gasteiger partial charge on any atom is 0.0547 e.